The number of nitrogen functional groups attached to an aromatic ring is 1. The topological polar surface area (TPSA) is 73.5 Å². The minimum absolute atomic E-state index is 0.270. The third-order valence-electron chi connectivity index (χ3n) is 2.45. The van der Waals surface area contributed by atoms with Crippen molar-refractivity contribution in [2.75, 3.05) is 38.0 Å². The molecule has 0 saturated heterocycles. The zero-order valence-corrected chi connectivity index (χ0v) is 10.8. The van der Waals surface area contributed by atoms with Gasteiger partial charge in [-0.15, -0.1) is 0 Å². The monoisotopic (exact) mass is 240 g/mol. The van der Waals surface area contributed by atoms with Gasteiger partial charge in [-0.2, -0.15) is 4.98 Å². The van der Waals surface area contributed by atoms with Crippen LogP contribution in [-0.4, -0.2) is 43.4 Å². The molecule has 0 unspecified atom stereocenters. The molecule has 0 aliphatic carbocycles. The molecule has 96 valence electrons. The fraction of sp³-hybridized carbons (Fsp3) is 0.636. The standard InChI is InChI=1S/C11H20N4O2/c1-8(2)15(5-6-16-3)10-9(12)11(17-4)14-7-13-10/h7-8H,5-6,12H2,1-4H3. The Morgan fingerprint density at radius 1 is 1.35 bits per heavy atom. The van der Waals surface area contributed by atoms with Gasteiger partial charge in [-0.1, -0.05) is 0 Å². The van der Waals surface area contributed by atoms with E-state index in [0.717, 1.165) is 6.54 Å². The third-order valence-corrected chi connectivity index (χ3v) is 2.45. The van der Waals surface area contributed by atoms with Crippen LogP contribution in [0.15, 0.2) is 6.33 Å². The molecule has 0 aliphatic rings. The maximum atomic E-state index is 5.97. The summed E-state index contributed by atoms with van der Waals surface area (Å²) in [7, 11) is 3.21. The van der Waals surface area contributed by atoms with Crippen molar-refractivity contribution in [3.63, 3.8) is 0 Å². The Kier molecular flexibility index (Phi) is 4.96. The van der Waals surface area contributed by atoms with E-state index in [9.17, 15) is 0 Å². The molecule has 0 aromatic carbocycles. The van der Waals surface area contributed by atoms with Crippen molar-refractivity contribution in [2.24, 2.45) is 0 Å². The lowest BCUT2D eigenvalue weighted by Crippen LogP contribution is -2.35. The predicted molar refractivity (Wildman–Crippen MR) is 67.4 cm³/mol. The van der Waals surface area contributed by atoms with Gasteiger partial charge in [-0.25, -0.2) is 4.98 Å². The fourth-order valence-corrected chi connectivity index (χ4v) is 1.56. The highest BCUT2D eigenvalue weighted by molar-refractivity contribution is 5.68. The van der Waals surface area contributed by atoms with Crippen LogP contribution in [0.1, 0.15) is 13.8 Å². The van der Waals surface area contributed by atoms with Crippen LogP contribution in [0.5, 0.6) is 5.88 Å². The largest absolute Gasteiger partial charge is 0.479 e. The van der Waals surface area contributed by atoms with Gasteiger partial charge in [0.05, 0.1) is 13.7 Å². The van der Waals surface area contributed by atoms with E-state index in [4.69, 9.17) is 15.2 Å². The molecule has 0 fully saturated rings. The van der Waals surface area contributed by atoms with Gasteiger partial charge in [0.1, 0.15) is 12.0 Å². The number of hydrogen-bond donors (Lipinski definition) is 1. The molecule has 0 aliphatic heterocycles. The van der Waals surface area contributed by atoms with Gasteiger partial charge in [0, 0.05) is 19.7 Å². The second-order valence-electron chi connectivity index (χ2n) is 3.90. The highest BCUT2D eigenvalue weighted by Crippen LogP contribution is 2.28. The Bertz CT molecular complexity index is 357. The molecule has 1 rings (SSSR count). The first-order valence-corrected chi connectivity index (χ1v) is 5.51. The Morgan fingerprint density at radius 3 is 2.59 bits per heavy atom. The van der Waals surface area contributed by atoms with Crippen molar-refractivity contribution < 1.29 is 9.47 Å². The van der Waals surface area contributed by atoms with Gasteiger partial charge in [0.15, 0.2) is 5.82 Å². The van der Waals surface area contributed by atoms with Crippen molar-refractivity contribution >= 4 is 11.5 Å². The van der Waals surface area contributed by atoms with Gasteiger partial charge < -0.3 is 20.1 Å². The molecular formula is C11H20N4O2. The van der Waals surface area contributed by atoms with E-state index in [1.54, 1.807) is 7.11 Å². The second-order valence-corrected chi connectivity index (χ2v) is 3.90. The molecule has 0 bridgehead atoms. The second kappa shape index (κ2) is 6.24. The zero-order valence-electron chi connectivity index (χ0n) is 10.8. The van der Waals surface area contributed by atoms with Gasteiger partial charge in [-0.05, 0) is 13.8 Å². The lowest BCUT2D eigenvalue weighted by molar-refractivity contribution is 0.203. The zero-order chi connectivity index (χ0) is 12.8. The molecule has 6 heteroatoms. The molecule has 1 aromatic heterocycles. The molecular weight excluding hydrogens is 220 g/mol. The van der Waals surface area contributed by atoms with E-state index in [1.807, 2.05) is 0 Å². The normalized spacial score (nSPS) is 10.6. The number of rotatable bonds is 6. The molecule has 1 aromatic rings. The van der Waals surface area contributed by atoms with Crippen LogP contribution in [-0.2, 0) is 4.74 Å². The number of nitrogens with two attached hydrogens (primary N) is 1. The smallest absolute Gasteiger partial charge is 0.242 e. The van der Waals surface area contributed by atoms with Crippen LogP contribution < -0.4 is 15.4 Å². The first-order chi connectivity index (χ1) is 8.11. The quantitative estimate of drug-likeness (QED) is 0.797. The number of hydrogen-bond acceptors (Lipinski definition) is 6. The number of ether oxygens (including phenoxy) is 2. The van der Waals surface area contributed by atoms with E-state index in [-0.39, 0.29) is 6.04 Å². The first-order valence-electron chi connectivity index (χ1n) is 5.51. The van der Waals surface area contributed by atoms with E-state index >= 15 is 0 Å². The molecule has 1 heterocycles. The average Bonchev–Trinajstić information content (AvgIpc) is 2.31. The van der Waals surface area contributed by atoms with E-state index in [2.05, 4.69) is 28.7 Å². The summed E-state index contributed by atoms with van der Waals surface area (Å²) < 4.78 is 10.2. The van der Waals surface area contributed by atoms with Crippen molar-refractivity contribution in [3.05, 3.63) is 6.33 Å². The van der Waals surface area contributed by atoms with Crippen molar-refractivity contribution in [3.8, 4) is 5.88 Å². The minimum atomic E-state index is 0.270. The number of methoxy groups -OCH3 is 2. The lowest BCUT2D eigenvalue weighted by atomic mass is 10.3. The summed E-state index contributed by atoms with van der Waals surface area (Å²) in [6.07, 6.45) is 1.45. The van der Waals surface area contributed by atoms with Gasteiger partial charge in [0.2, 0.25) is 5.88 Å². The van der Waals surface area contributed by atoms with Crippen LogP contribution in [0.25, 0.3) is 0 Å². The number of aromatic nitrogens is 2. The van der Waals surface area contributed by atoms with Crippen LogP contribution in [0, 0.1) is 0 Å². The third kappa shape index (κ3) is 3.20. The average molecular weight is 240 g/mol. The number of nitrogens with zero attached hydrogens (tertiary/aromatic N) is 3. The van der Waals surface area contributed by atoms with Crippen molar-refractivity contribution in [2.45, 2.75) is 19.9 Å². The van der Waals surface area contributed by atoms with Gasteiger partial charge in [0.25, 0.3) is 0 Å². The Labute approximate surface area is 102 Å². The lowest BCUT2D eigenvalue weighted by Gasteiger charge is -2.28. The Morgan fingerprint density at radius 2 is 2.06 bits per heavy atom. The predicted octanol–water partition coefficient (Wildman–Crippen LogP) is 0.929. The molecule has 0 spiro atoms. The van der Waals surface area contributed by atoms with Crippen LogP contribution in [0.3, 0.4) is 0 Å². The van der Waals surface area contributed by atoms with Crippen LogP contribution >= 0.6 is 0 Å². The van der Waals surface area contributed by atoms with Crippen molar-refractivity contribution in [1.82, 2.24) is 9.97 Å². The first kappa shape index (κ1) is 13.5. The summed E-state index contributed by atoms with van der Waals surface area (Å²) in [6, 6.07) is 0.270. The summed E-state index contributed by atoms with van der Waals surface area (Å²) in [4.78, 5) is 10.2. The molecule has 0 saturated carbocycles. The highest BCUT2D eigenvalue weighted by Gasteiger charge is 2.17. The highest BCUT2D eigenvalue weighted by atomic mass is 16.5. The molecule has 2 N–H and O–H groups in total. The van der Waals surface area contributed by atoms with Crippen molar-refractivity contribution in [1.29, 1.82) is 0 Å². The maximum Gasteiger partial charge on any atom is 0.242 e. The van der Waals surface area contributed by atoms with Gasteiger partial charge in [-0.3, -0.25) is 0 Å². The summed E-state index contributed by atoms with van der Waals surface area (Å²) in [5, 5.41) is 0. The van der Waals surface area contributed by atoms with Crippen LogP contribution in [0.2, 0.25) is 0 Å². The summed E-state index contributed by atoms with van der Waals surface area (Å²) in [5.74, 6) is 1.09. The minimum Gasteiger partial charge on any atom is -0.479 e. The summed E-state index contributed by atoms with van der Waals surface area (Å²) >= 11 is 0. The molecule has 0 radical (unpaired) electrons. The molecule has 0 amide bonds. The Balaban J connectivity index is 3.01. The molecule has 17 heavy (non-hydrogen) atoms. The van der Waals surface area contributed by atoms with E-state index in [1.165, 1.54) is 13.4 Å². The Hall–Kier alpha value is -1.56. The van der Waals surface area contributed by atoms with E-state index in [0.29, 0.717) is 24.0 Å². The number of anilines is 2. The van der Waals surface area contributed by atoms with Crippen LogP contribution in [0.4, 0.5) is 11.5 Å². The van der Waals surface area contributed by atoms with Gasteiger partial charge >= 0.3 is 0 Å². The fourth-order valence-electron chi connectivity index (χ4n) is 1.56. The van der Waals surface area contributed by atoms with E-state index < -0.39 is 0 Å². The summed E-state index contributed by atoms with van der Waals surface area (Å²) in [6.45, 7) is 5.48. The SMILES string of the molecule is COCCN(c1ncnc(OC)c1N)C(C)C. The molecule has 0 atom stereocenters. The maximum absolute atomic E-state index is 5.97. The summed E-state index contributed by atoms with van der Waals surface area (Å²) in [5.41, 5.74) is 6.43. The molecule has 6 nitrogen and oxygen atoms in total.